The number of anilines is 1. The van der Waals surface area contributed by atoms with Crippen LogP contribution in [-0.4, -0.2) is 17.5 Å². The van der Waals surface area contributed by atoms with Gasteiger partial charge in [0.15, 0.2) is 5.13 Å². The molecule has 6 heteroatoms. The summed E-state index contributed by atoms with van der Waals surface area (Å²) < 4.78 is 6.63. The Morgan fingerprint density at radius 1 is 1.30 bits per heavy atom. The Balaban J connectivity index is 1.51. The number of halogens is 1. The molecular formula is C17H13ClN2O2S. The minimum atomic E-state index is -0.208. The number of ether oxygens (including phenoxy) is 1. The van der Waals surface area contributed by atoms with Crippen molar-refractivity contribution >= 4 is 44.2 Å². The summed E-state index contributed by atoms with van der Waals surface area (Å²) in [4.78, 5) is 16.9. The summed E-state index contributed by atoms with van der Waals surface area (Å²) >= 11 is 7.40. The highest BCUT2D eigenvalue weighted by atomic mass is 35.5. The maximum atomic E-state index is 12.5. The Bertz CT molecular complexity index is 893. The molecule has 1 amide bonds. The van der Waals surface area contributed by atoms with Crippen molar-refractivity contribution in [2.45, 2.75) is 6.42 Å². The highest BCUT2D eigenvalue weighted by Gasteiger charge is 2.26. The second kappa shape index (κ2) is 5.83. The third kappa shape index (κ3) is 2.90. The highest BCUT2D eigenvalue weighted by Crippen LogP contribution is 2.30. The van der Waals surface area contributed by atoms with Gasteiger partial charge >= 0.3 is 0 Å². The fourth-order valence-electron chi connectivity index (χ4n) is 2.66. The van der Waals surface area contributed by atoms with Gasteiger partial charge < -0.3 is 10.1 Å². The van der Waals surface area contributed by atoms with Crippen molar-refractivity contribution in [3.8, 4) is 5.75 Å². The first-order valence-electron chi connectivity index (χ1n) is 7.27. The quantitative estimate of drug-likeness (QED) is 0.760. The van der Waals surface area contributed by atoms with Crippen molar-refractivity contribution in [3.63, 3.8) is 0 Å². The number of nitrogens with one attached hydrogen (secondary N) is 1. The molecule has 0 radical (unpaired) electrons. The summed E-state index contributed by atoms with van der Waals surface area (Å²) in [6.45, 7) is 0.388. The first-order chi connectivity index (χ1) is 11.2. The monoisotopic (exact) mass is 344 g/mol. The topological polar surface area (TPSA) is 51.2 Å². The van der Waals surface area contributed by atoms with Crippen molar-refractivity contribution in [2.24, 2.45) is 5.92 Å². The van der Waals surface area contributed by atoms with Crippen molar-refractivity contribution in [1.82, 2.24) is 4.98 Å². The SMILES string of the molecule is O=C(Nc1nc2ccc(Cl)cc2s1)[C@H]1COc2ccccc2C1. The van der Waals surface area contributed by atoms with E-state index in [1.54, 1.807) is 6.07 Å². The van der Waals surface area contributed by atoms with E-state index in [2.05, 4.69) is 10.3 Å². The Morgan fingerprint density at radius 2 is 2.17 bits per heavy atom. The average Bonchev–Trinajstić information content (AvgIpc) is 2.95. The van der Waals surface area contributed by atoms with Gasteiger partial charge in [-0.15, -0.1) is 0 Å². The minimum Gasteiger partial charge on any atom is -0.492 e. The van der Waals surface area contributed by atoms with Crippen molar-refractivity contribution < 1.29 is 9.53 Å². The maximum absolute atomic E-state index is 12.5. The van der Waals surface area contributed by atoms with Crippen LogP contribution in [0, 0.1) is 5.92 Å². The summed E-state index contributed by atoms with van der Waals surface area (Å²) in [5.74, 6) is 0.594. The number of amides is 1. The van der Waals surface area contributed by atoms with Gasteiger partial charge in [-0.2, -0.15) is 0 Å². The van der Waals surface area contributed by atoms with Crippen LogP contribution in [0.1, 0.15) is 5.56 Å². The van der Waals surface area contributed by atoms with E-state index in [1.165, 1.54) is 11.3 Å². The summed E-state index contributed by atoms with van der Waals surface area (Å²) in [5, 5.41) is 4.15. The van der Waals surface area contributed by atoms with Crippen molar-refractivity contribution in [1.29, 1.82) is 0 Å². The fraction of sp³-hybridized carbons (Fsp3) is 0.176. The number of thiazole rings is 1. The zero-order valence-corrected chi connectivity index (χ0v) is 13.7. The zero-order valence-electron chi connectivity index (χ0n) is 12.1. The van der Waals surface area contributed by atoms with Gasteiger partial charge in [-0.25, -0.2) is 4.98 Å². The first kappa shape index (κ1) is 14.5. The van der Waals surface area contributed by atoms with Gasteiger partial charge in [-0.1, -0.05) is 41.1 Å². The van der Waals surface area contributed by atoms with E-state index in [1.807, 2.05) is 36.4 Å². The molecule has 2 heterocycles. The van der Waals surface area contributed by atoms with Gasteiger partial charge in [0, 0.05) is 5.02 Å². The summed E-state index contributed by atoms with van der Waals surface area (Å²) in [7, 11) is 0. The molecule has 0 fully saturated rings. The molecule has 23 heavy (non-hydrogen) atoms. The van der Waals surface area contributed by atoms with Crippen molar-refractivity contribution in [3.05, 3.63) is 53.1 Å². The third-order valence-corrected chi connectivity index (χ3v) is 5.00. The van der Waals surface area contributed by atoms with Crippen LogP contribution in [0.3, 0.4) is 0 Å². The predicted molar refractivity (Wildman–Crippen MR) is 92.4 cm³/mol. The molecule has 1 atom stereocenters. The average molecular weight is 345 g/mol. The number of fused-ring (bicyclic) bond motifs is 2. The van der Waals surface area contributed by atoms with Gasteiger partial charge in [0.05, 0.1) is 16.1 Å². The molecule has 0 unspecified atom stereocenters. The molecule has 3 aromatic rings. The van der Waals surface area contributed by atoms with E-state index in [4.69, 9.17) is 16.3 Å². The molecule has 116 valence electrons. The largest absolute Gasteiger partial charge is 0.492 e. The lowest BCUT2D eigenvalue weighted by Gasteiger charge is -2.24. The molecule has 0 aliphatic carbocycles. The molecule has 4 nitrogen and oxygen atoms in total. The Hall–Kier alpha value is -2.11. The van der Waals surface area contributed by atoms with E-state index in [0.29, 0.717) is 23.2 Å². The van der Waals surface area contributed by atoms with Crippen LogP contribution >= 0.6 is 22.9 Å². The first-order valence-corrected chi connectivity index (χ1v) is 8.46. The molecule has 1 aliphatic heterocycles. The van der Waals surface area contributed by atoms with E-state index in [0.717, 1.165) is 21.5 Å². The number of carbonyl (C=O) groups is 1. The Labute approximate surface area is 142 Å². The normalized spacial score (nSPS) is 16.7. The number of carbonyl (C=O) groups excluding carboxylic acids is 1. The number of para-hydroxylation sites is 1. The highest BCUT2D eigenvalue weighted by molar-refractivity contribution is 7.22. The number of aromatic nitrogens is 1. The number of hydrogen-bond acceptors (Lipinski definition) is 4. The van der Waals surface area contributed by atoms with E-state index < -0.39 is 0 Å². The molecular weight excluding hydrogens is 332 g/mol. The lowest BCUT2D eigenvalue weighted by atomic mass is 9.96. The lowest BCUT2D eigenvalue weighted by molar-refractivity contribution is -0.121. The van der Waals surface area contributed by atoms with Crippen LogP contribution in [0.25, 0.3) is 10.2 Å². The fourth-order valence-corrected chi connectivity index (χ4v) is 3.80. The standard InChI is InChI=1S/C17H13ClN2O2S/c18-12-5-6-13-15(8-12)23-17(19-13)20-16(21)11-7-10-3-1-2-4-14(10)22-9-11/h1-6,8,11H,7,9H2,(H,19,20,21)/t11-/m1/s1. The number of hydrogen-bond donors (Lipinski definition) is 1. The summed E-state index contributed by atoms with van der Waals surface area (Å²) in [6, 6.07) is 13.3. The molecule has 0 saturated carbocycles. The van der Waals surface area contributed by atoms with E-state index >= 15 is 0 Å². The second-order valence-corrected chi connectivity index (χ2v) is 6.91. The van der Waals surface area contributed by atoms with Gasteiger partial charge in [-0.05, 0) is 36.2 Å². The van der Waals surface area contributed by atoms with Crippen LogP contribution < -0.4 is 10.1 Å². The summed E-state index contributed by atoms with van der Waals surface area (Å²) in [6.07, 6.45) is 0.679. The van der Waals surface area contributed by atoms with Gasteiger partial charge in [0.2, 0.25) is 5.91 Å². The molecule has 0 spiro atoms. The van der Waals surface area contributed by atoms with E-state index in [9.17, 15) is 4.79 Å². The molecule has 0 bridgehead atoms. The van der Waals surface area contributed by atoms with Gasteiger partial charge in [0.1, 0.15) is 12.4 Å². The molecule has 4 rings (SSSR count). The van der Waals surface area contributed by atoms with Crippen LogP contribution in [0.2, 0.25) is 5.02 Å². The Kier molecular flexibility index (Phi) is 3.67. The molecule has 1 aromatic heterocycles. The molecule has 2 aromatic carbocycles. The van der Waals surface area contributed by atoms with Crippen molar-refractivity contribution in [2.75, 3.05) is 11.9 Å². The second-order valence-electron chi connectivity index (χ2n) is 5.44. The predicted octanol–water partition coefficient (Wildman–Crippen LogP) is 4.14. The summed E-state index contributed by atoms with van der Waals surface area (Å²) in [5.41, 5.74) is 1.90. The number of rotatable bonds is 2. The van der Waals surface area contributed by atoms with Crippen LogP contribution in [0.5, 0.6) is 5.75 Å². The minimum absolute atomic E-state index is 0.0651. The van der Waals surface area contributed by atoms with E-state index in [-0.39, 0.29) is 11.8 Å². The molecule has 1 aliphatic rings. The number of nitrogens with zero attached hydrogens (tertiary/aromatic N) is 1. The smallest absolute Gasteiger partial charge is 0.233 e. The zero-order chi connectivity index (χ0) is 15.8. The Morgan fingerprint density at radius 3 is 3.09 bits per heavy atom. The third-order valence-electron chi connectivity index (χ3n) is 3.83. The maximum Gasteiger partial charge on any atom is 0.233 e. The van der Waals surface area contributed by atoms with Crippen LogP contribution in [0.15, 0.2) is 42.5 Å². The molecule has 0 saturated heterocycles. The lowest BCUT2D eigenvalue weighted by Crippen LogP contribution is -2.32. The van der Waals surface area contributed by atoms with Crippen LogP contribution in [-0.2, 0) is 11.2 Å². The number of benzene rings is 2. The van der Waals surface area contributed by atoms with Gasteiger partial charge in [-0.3, -0.25) is 4.79 Å². The van der Waals surface area contributed by atoms with Crippen LogP contribution in [0.4, 0.5) is 5.13 Å². The van der Waals surface area contributed by atoms with Gasteiger partial charge in [0.25, 0.3) is 0 Å². The molecule has 1 N–H and O–H groups in total.